The number of aryl methyl sites for hydroxylation is 2. The fraction of sp³-hybridized carbons (Fsp3) is 0.579. The van der Waals surface area contributed by atoms with Crippen LogP contribution in [-0.2, 0) is 7.05 Å². The second kappa shape index (κ2) is 7.38. The quantitative estimate of drug-likeness (QED) is 0.814. The predicted octanol–water partition coefficient (Wildman–Crippen LogP) is 0.327. The SMILES string of the molecule is Cc1nc(C(=O)N2CCN(c3cnn(C)c3)CC2)nc(N2CC[C@@H](N)C2)c1C. The molecule has 0 saturated carbocycles. The number of piperazine rings is 1. The van der Waals surface area contributed by atoms with E-state index < -0.39 is 0 Å². The smallest absolute Gasteiger partial charge is 0.291 e. The molecule has 28 heavy (non-hydrogen) atoms. The maximum absolute atomic E-state index is 13.1. The van der Waals surface area contributed by atoms with E-state index >= 15 is 0 Å². The van der Waals surface area contributed by atoms with Gasteiger partial charge in [0, 0.05) is 69.8 Å². The van der Waals surface area contributed by atoms with Gasteiger partial charge < -0.3 is 20.4 Å². The van der Waals surface area contributed by atoms with Crippen molar-refractivity contribution in [2.24, 2.45) is 12.8 Å². The van der Waals surface area contributed by atoms with E-state index in [2.05, 4.69) is 24.9 Å². The lowest BCUT2D eigenvalue weighted by Gasteiger charge is -2.35. The lowest BCUT2D eigenvalue weighted by Crippen LogP contribution is -2.49. The van der Waals surface area contributed by atoms with Crippen molar-refractivity contribution in [3.8, 4) is 0 Å². The van der Waals surface area contributed by atoms with Gasteiger partial charge in [-0.1, -0.05) is 0 Å². The molecule has 0 radical (unpaired) electrons. The topological polar surface area (TPSA) is 96.4 Å². The van der Waals surface area contributed by atoms with Crippen molar-refractivity contribution in [3.63, 3.8) is 0 Å². The Hall–Kier alpha value is -2.68. The van der Waals surface area contributed by atoms with Crippen LogP contribution in [0.1, 0.15) is 28.3 Å². The largest absolute Gasteiger partial charge is 0.365 e. The predicted molar refractivity (Wildman–Crippen MR) is 108 cm³/mol. The summed E-state index contributed by atoms with van der Waals surface area (Å²) in [7, 11) is 1.91. The zero-order valence-corrected chi connectivity index (χ0v) is 16.8. The highest BCUT2D eigenvalue weighted by atomic mass is 16.2. The van der Waals surface area contributed by atoms with Gasteiger partial charge in [0.25, 0.3) is 5.91 Å². The number of hydrogen-bond acceptors (Lipinski definition) is 7. The van der Waals surface area contributed by atoms with Gasteiger partial charge in [0.05, 0.1) is 11.9 Å². The first-order valence-corrected chi connectivity index (χ1v) is 9.81. The molecule has 4 heterocycles. The molecule has 2 aliphatic rings. The van der Waals surface area contributed by atoms with E-state index in [0.717, 1.165) is 55.4 Å². The van der Waals surface area contributed by atoms with E-state index in [0.29, 0.717) is 13.1 Å². The first-order valence-electron chi connectivity index (χ1n) is 9.81. The molecule has 0 unspecified atom stereocenters. The van der Waals surface area contributed by atoms with Crippen molar-refractivity contribution in [2.75, 3.05) is 49.1 Å². The van der Waals surface area contributed by atoms with Crippen LogP contribution < -0.4 is 15.5 Å². The van der Waals surface area contributed by atoms with Crippen LogP contribution in [0.25, 0.3) is 0 Å². The van der Waals surface area contributed by atoms with Crippen molar-refractivity contribution in [1.82, 2.24) is 24.6 Å². The molecular weight excluding hydrogens is 356 g/mol. The van der Waals surface area contributed by atoms with Gasteiger partial charge in [0.15, 0.2) is 0 Å². The molecule has 0 spiro atoms. The van der Waals surface area contributed by atoms with Crippen LogP contribution >= 0.6 is 0 Å². The molecule has 2 fully saturated rings. The summed E-state index contributed by atoms with van der Waals surface area (Å²) >= 11 is 0. The minimum Gasteiger partial charge on any atom is -0.365 e. The molecule has 9 heteroatoms. The van der Waals surface area contributed by atoms with Gasteiger partial charge in [-0.3, -0.25) is 9.48 Å². The summed E-state index contributed by atoms with van der Waals surface area (Å²) < 4.78 is 1.79. The molecule has 2 aromatic rings. The van der Waals surface area contributed by atoms with Gasteiger partial charge in [-0.15, -0.1) is 0 Å². The Balaban J connectivity index is 1.48. The first kappa shape index (κ1) is 18.7. The monoisotopic (exact) mass is 384 g/mol. The average Bonchev–Trinajstić information content (AvgIpc) is 3.32. The summed E-state index contributed by atoms with van der Waals surface area (Å²) in [5.74, 6) is 1.03. The van der Waals surface area contributed by atoms with Gasteiger partial charge in [-0.25, -0.2) is 9.97 Å². The number of aromatic nitrogens is 4. The Morgan fingerprint density at radius 1 is 1.11 bits per heavy atom. The average molecular weight is 384 g/mol. The fourth-order valence-electron chi connectivity index (χ4n) is 3.88. The van der Waals surface area contributed by atoms with Crippen LogP contribution in [0.2, 0.25) is 0 Å². The molecule has 0 aliphatic carbocycles. The van der Waals surface area contributed by atoms with E-state index in [9.17, 15) is 4.79 Å². The molecule has 9 nitrogen and oxygen atoms in total. The fourth-order valence-corrected chi connectivity index (χ4v) is 3.88. The van der Waals surface area contributed by atoms with Crippen molar-refractivity contribution < 1.29 is 4.79 Å². The molecule has 1 atom stereocenters. The number of anilines is 2. The van der Waals surface area contributed by atoms with E-state index in [1.165, 1.54) is 0 Å². The second-order valence-electron chi connectivity index (χ2n) is 7.73. The van der Waals surface area contributed by atoms with Crippen molar-refractivity contribution >= 4 is 17.4 Å². The van der Waals surface area contributed by atoms with E-state index in [1.54, 1.807) is 4.68 Å². The molecule has 2 aromatic heterocycles. The van der Waals surface area contributed by atoms with Crippen molar-refractivity contribution in [1.29, 1.82) is 0 Å². The third kappa shape index (κ3) is 3.54. The number of nitrogens with two attached hydrogens (primary N) is 1. The summed E-state index contributed by atoms with van der Waals surface area (Å²) in [6.45, 7) is 8.43. The summed E-state index contributed by atoms with van der Waals surface area (Å²) in [5.41, 5.74) is 9.01. The third-order valence-corrected chi connectivity index (χ3v) is 5.70. The maximum Gasteiger partial charge on any atom is 0.291 e. The number of amides is 1. The van der Waals surface area contributed by atoms with Crippen LogP contribution in [-0.4, -0.2) is 75.9 Å². The normalized spacial score (nSPS) is 20.1. The number of hydrogen-bond donors (Lipinski definition) is 1. The summed E-state index contributed by atoms with van der Waals surface area (Å²) in [5, 5.41) is 4.23. The van der Waals surface area contributed by atoms with Crippen LogP contribution in [0.5, 0.6) is 0 Å². The Labute approximate surface area is 165 Å². The van der Waals surface area contributed by atoms with Crippen LogP contribution in [0.3, 0.4) is 0 Å². The first-order chi connectivity index (χ1) is 13.4. The summed E-state index contributed by atoms with van der Waals surface area (Å²) in [6, 6.07) is 0.161. The highest BCUT2D eigenvalue weighted by Crippen LogP contribution is 2.24. The third-order valence-electron chi connectivity index (χ3n) is 5.70. The number of rotatable bonds is 3. The zero-order chi connectivity index (χ0) is 19.8. The van der Waals surface area contributed by atoms with E-state index in [1.807, 2.05) is 38.2 Å². The van der Waals surface area contributed by atoms with Crippen LogP contribution in [0.4, 0.5) is 11.5 Å². The highest BCUT2D eigenvalue weighted by Gasteiger charge is 2.28. The minimum absolute atomic E-state index is 0.0984. The Morgan fingerprint density at radius 2 is 1.86 bits per heavy atom. The van der Waals surface area contributed by atoms with Gasteiger partial charge in [-0.05, 0) is 20.3 Å². The molecule has 4 rings (SSSR count). The van der Waals surface area contributed by atoms with Gasteiger partial charge in [0.2, 0.25) is 5.82 Å². The molecule has 1 amide bonds. The number of carbonyl (C=O) groups excluding carboxylic acids is 1. The molecule has 0 aromatic carbocycles. The maximum atomic E-state index is 13.1. The van der Waals surface area contributed by atoms with Crippen molar-refractivity contribution in [2.45, 2.75) is 26.3 Å². The summed E-state index contributed by atoms with van der Waals surface area (Å²) in [4.78, 5) is 28.5. The molecule has 0 bridgehead atoms. The van der Waals surface area contributed by atoms with Crippen LogP contribution in [0, 0.1) is 13.8 Å². The Kier molecular flexibility index (Phi) is 4.92. The Bertz CT molecular complexity index is 871. The Morgan fingerprint density at radius 3 is 2.46 bits per heavy atom. The van der Waals surface area contributed by atoms with Crippen molar-refractivity contribution in [3.05, 3.63) is 29.5 Å². The lowest BCUT2D eigenvalue weighted by molar-refractivity contribution is 0.0734. The number of nitrogens with zero attached hydrogens (tertiary/aromatic N) is 7. The molecule has 2 N–H and O–H groups in total. The molecule has 2 saturated heterocycles. The molecular formula is C19H28N8O. The summed E-state index contributed by atoms with van der Waals surface area (Å²) in [6.07, 6.45) is 4.80. The van der Waals surface area contributed by atoms with E-state index in [4.69, 9.17) is 5.73 Å². The van der Waals surface area contributed by atoms with Gasteiger partial charge in [0.1, 0.15) is 5.82 Å². The number of carbonyl (C=O) groups is 1. The van der Waals surface area contributed by atoms with E-state index in [-0.39, 0.29) is 17.8 Å². The van der Waals surface area contributed by atoms with Gasteiger partial charge in [-0.2, -0.15) is 5.10 Å². The second-order valence-corrected chi connectivity index (χ2v) is 7.73. The molecule has 2 aliphatic heterocycles. The molecule has 150 valence electrons. The zero-order valence-electron chi connectivity index (χ0n) is 16.8. The highest BCUT2D eigenvalue weighted by molar-refractivity contribution is 5.91. The minimum atomic E-state index is -0.0984. The lowest BCUT2D eigenvalue weighted by atomic mass is 10.2. The standard InChI is InChI=1S/C19H28N8O/c1-13-14(2)22-17(23-18(13)27-5-4-15(20)11-27)19(28)26-8-6-25(7-9-26)16-10-21-24(3)12-16/h10,12,15H,4-9,11,20H2,1-3H3/t15-/m1/s1. The van der Waals surface area contributed by atoms with Gasteiger partial charge >= 0.3 is 0 Å². The van der Waals surface area contributed by atoms with Crippen LogP contribution in [0.15, 0.2) is 12.4 Å².